The molecule has 0 aromatic rings. The number of carbonyl (C=O) groups excluding carboxylic acids is 1. The number of hydrogen-bond donors (Lipinski definition) is 1. The fourth-order valence-electron chi connectivity index (χ4n) is 1.87. The lowest BCUT2D eigenvalue weighted by atomic mass is 9.93. The number of piperidine rings is 1. The number of likely N-dealkylation sites (tertiary alicyclic amines) is 1. The minimum Gasteiger partial charge on any atom is -0.450 e. The molecule has 0 unspecified atom stereocenters. The van der Waals surface area contributed by atoms with Gasteiger partial charge in [0, 0.05) is 6.54 Å². The van der Waals surface area contributed by atoms with Gasteiger partial charge in [-0.2, -0.15) is 0 Å². The first-order chi connectivity index (χ1) is 6.69. The summed E-state index contributed by atoms with van der Waals surface area (Å²) in [6.45, 7) is 5.06. The summed E-state index contributed by atoms with van der Waals surface area (Å²) in [7, 11) is 0. The Hall–Kier alpha value is -0.770. The molecule has 0 aliphatic carbocycles. The zero-order valence-corrected chi connectivity index (χ0v) is 8.90. The van der Waals surface area contributed by atoms with E-state index in [0.29, 0.717) is 19.1 Å². The topological polar surface area (TPSA) is 49.8 Å². The van der Waals surface area contributed by atoms with Gasteiger partial charge in [-0.3, -0.25) is 0 Å². The van der Waals surface area contributed by atoms with Crippen molar-refractivity contribution in [2.75, 3.05) is 19.8 Å². The lowest BCUT2D eigenvalue weighted by molar-refractivity contribution is 0.0454. The van der Waals surface area contributed by atoms with Gasteiger partial charge in [0.1, 0.15) is 0 Å². The molecular formula is C10H19NO3. The second kappa shape index (κ2) is 5.20. The zero-order valence-electron chi connectivity index (χ0n) is 8.90. The Kier molecular flexibility index (Phi) is 4.20. The van der Waals surface area contributed by atoms with Crippen LogP contribution in [-0.4, -0.2) is 41.9 Å². The van der Waals surface area contributed by atoms with E-state index < -0.39 is 0 Å². The molecule has 4 nitrogen and oxygen atoms in total. The third-order valence-electron chi connectivity index (χ3n) is 2.69. The highest BCUT2D eigenvalue weighted by Gasteiger charge is 2.29. The number of ether oxygens (including phenoxy) is 1. The molecule has 0 aromatic carbocycles. The van der Waals surface area contributed by atoms with Crippen LogP contribution in [0.1, 0.15) is 26.7 Å². The van der Waals surface area contributed by atoms with Crippen molar-refractivity contribution in [3.8, 4) is 0 Å². The molecule has 82 valence electrons. The number of amides is 1. The van der Waals surface area contributed by atoms with Crippen molar-refractivity contribution in [3.63, 3.8) is 0 Å². The van der Waals surface area contributed by atoms with Crippen molar-refractivity contribution >= 4 is 6.09 Å². The van der Waals surface area contributed by atoms with Crippen molar-refractivity contribution in [1.29, 1.82) is 0 Å². The number of rotatable bonds is 2. The number of carbonyl (C=O) groups is 1. The van der Waals surface area contributed by atoms with E-state index in [-0.39, 0.29) is 18.7 Å². The highest BCUT2D eigenvalue weighted by molar-refractivity contribution is 5.68. The van der Waals surface area contributed by atoms with E-state index >= 15 is 0 Å². The number of nitrogens with zero attached hydrogens (tertiary/aromatic N) is 1. The summed E-state index contributed by atoms with van der Waals surface area (Å²) < 4.78 is 4.92. The maximum Gasteiger partial charge on any atom is 0.410 e. The standard InChI is InChI=1S/C10H19NO3/c1-3-14-10(13)11-5-4-8(2)6-9(11)7-12/h8-9,12H,3-7H2,1-2H3/t8-,9+/m0/s1. The van der Waals surface area contributed by atoms with Gasteiger partial charge in [0.15, 0.2) is 0 Å². The molecule has 1 heterocycles. The number of aliphatic hydroxyl groups excluding tert-OH is 1. The average Bonchev–Trinajstić information content (AvgIpc) is 2.17. The Balaban J connectivity index is 2.53. The van der Waals surface area contributed by atoms with Gasteiger partial charge in [-0.1, -0.05) is 6.92 Å². The predicted molar refractivity (Wildman–Crippen MR) is 53.0 cm³/mol. The Morgan fingerprint density at radius 2 is 2.36 bits per heavy atom. The quantitative estimate of drug-likeness (QED) is 0.731. The van der Waals surface area contributed by atoms with E-state index in [1.54, 1.807) is 11.8 Å². The molecule has 1 aliphatic rings. The number of hydrogen-bond acceptors (Lipinski definition) is 3. The molecule has 1 rings (SSSR count). The van der Waals surface area contributed by atoms with Crippen molar-refractivity contribution in [2.45, 2.75) is 32.7 Å². The molecule has 0 bridgehead atoms. The largest absolute Gasteiger partial charge is 0.450 e. The van der Waals surface area contributed by atoms with Crippen LogP contribution in [-0.2, 0) is 4.74 Å². The summed E-state index contributed by atoms with van der Waals surface area (Å²) >= 11 is 0. The first-order valence-corrected chi connectivity index (χ1v) is 5.23. The Morgan fingerprint density at radius 1 is 1.64 bits per heavy atom. The van der Waals surface area contributed by atoms with E-state index in [1.165, 1.54) is 0 Å². The smallest absolute Gasteiger partial charge is 0.410 e. The molecule has 0 radical (unpaired) electrons. The predicted octanol–water partition coefficient (Wildman–Crippen LogP) is 1.24. The average molecular weight is 201 g/mol. The molecule has 0 spiro atoms. The zero-order chi connectivity index (χ0) is 10.6. The summed E-state index contributed by atoms with van der Waals surface area (Å²) in [6.07, 6.45) is 1.57. The van der Waals surface area contributed by atoms with Gasteiger partial charge < -0.3 is 14.7 Å². The van der Waals surface area contributed by atoms with Crippen LogP contribution in [0.15, 0.2) is 0 Å². The summed E-state index contributed by atoms with van der Waals surface area (Å²) in [5.74, 6) is 0.581. The van der Waals surface area contributed by atoms with Crippen LogP contribution < -0.4 is 0 Å². The molecule has 1 aliphatic heterocycles. The Labute approximate surface area is 84.8 Å². The molecule has 1 N–H and O–H groups in total. The van der Waals surface area contributed by atoms with Gasteiger partial charge in [0.2, 0.25) is 0 Å². The fourth-order valence-corrected chi connectivity index (χ4v) is 1.87. The van der Waals surface area contributed by atoms with Crippen LogP contribution in [0.4, 0.5) is 4.79 Å². The van der Waals surface area contributed by atoms with Gasteiger partial charge >= 0.3 is 6.09 Å². The first kappa shape index (κ1) is 11.3. The maximum atomic E-state index is 11.5. The monoisotopic (exact) mass is 201 g/mol. The first-order valence-electron chi connectivity index (χ1n) is 5.23. The van der Waals surface area contributed by atoms with Crippen LogP contribution in [0.25, 0.3) is 0 Å². The van der Waals surface area contributed by atoms with E-state index in [9.17, 15) is 4.79 Å². The maximum absolute atomic E-state index is 11.5. The lowest BCUT2D eigenvalue weighted by Crippen LogP contribution is -2.47. The molecule has 1 saturated heterocycles. The third-order valence-corrected chi connectivity index (χ3v) is 2.69. The van der Waals surface area contributed by atoms with Crippen LogP contribution in [0, 0.1) is 5.92 Å². The Bertz CT molecular complexity index is 196. The molecular weight excluding hydrogens is 182 g/mol. The summed E-state index contributed by atoms with van der Waals surface area (Å²) in [5.41, 5.74) is 0. The van der Waals surface area contributed by atoms with Crippen molar-refractivity contribution in [2.24, 2.45) is 5.92 Å². The minimum atomic E-state index is -0.293. The van der Waals surface area contributed by atoms with Crippen LogP contribution >= 0.6 is 0 Å². The molecule has 1 fully saturated rings. The van der Waals surface area contributed by atoms with E-state index in [4.69, 9.17) is 9.84 Å². The molecule has 0 aromatic heterocycles. The summed E-state index contributed by atoms with van der Waals surface area (Å²) in [5, 5.41) is 9.15. The normalized spacial score (nSPS) is 27.5. The van der Waals surface area contributed by atoms with Crippen molar-refractivity contribution in [3.05, 3.63) is 0 Å². The van der Waals surface area contributed by atoms with Crippen molar-refractivity contribution in [1.82, 2.24) is 4.90 Å². The molecule has 2 atom stereocenters. The highest BCUT2D eigenvalue weighted by atomic mass is 16.6. The Morgan fingerprint density at radius 3 is 2.93 bits per heavy atom. The molecule has 0 saturated carbocycles. The van der Waals surface area contributed by atoms with Gasteiger partial charge in [-0.15, -0.1) is 0 Å². The SMILES string of the molecule is CCOC(=O)N1CC[C@H](C)C[C@@H]1CO. The fraction of sp³-hybridized carbons (Fsp3) is 0.900. The molecule has 4 heteroatoms. The van der Waals surface area contributed by atoms with Gasteiger partial charge in [0.25, 0.3) is 0 Å². The third kappa shape index (κ3) is 2.61. The van der Waals surface area contributed by atoms with Gasteiger partial charge in [-0.25, -0.2) is 4.79 Å². The van der Waals surface area contributed by atoms with Gasteiger partial charge in [-0.05, 0) is 25.7 Å². The second-order valence-corrected chi connectivity index (χ2v) is 3.86. The van der Waals surface area contributed by atoms with Crippen molar-refractivity contribution < 1.29 is 14.6 Å². The van der Waals surface area contributed by atoms with Crippen LogP contribution in [0.2, 0.25) is 0 Å². The van der Waals surface area contributed by atoms with E-state index in [1.807, 2.05) is 0 Å². The summed E-state index contributed by atoms with van der Waals surface area (Å²) in [4.78, 5) is 13.1. The second-order valence-electron chi connectivity index (χ2n) is 3.86. The molecule has 14 heavy (non-hydrogen) atoms. The lowest BCUT2D eigenvalue weighted by Gasteiger charge is -2.36. The minimum absolute atomic E-state index is 0.0309. The van der Waals surface area contributed by atoms with E-state index in [0.717, 1.165) is 12.8 Å². The van der Waals surface area contributed by atoms with Crippen LogP contribution in [0.5, 0.6) is 0 Å². The molecule has 1 amide bonds. The summed E-state index contributed by atoms with van der Waals surface area (Å²) in [6, 6.07) is -0.0576. The highest BCUT2D eigenvalue weighted by Crippen LogP contribution is 2.22. The number of aliphatic hydroxyl groups is 1. The van der Waals surface area contributed by atoms with Crippen LogP contribution in [0.3, 0.4) is 0 Å². The van der Waals surface area contributed by atoms with Gasteiger partial charge in [0.05, 0.1) is 19.3 Å². The van der Waals surface area contributed by atoms with E-state index in [2.05, 4.69) is 6.92 Å².